The highest BCUT2D eigenvalue weighted by Crippen LogP contribution is 2.47. The molecule has 27 heavy (non-hydrogen) atoms. The van der Waals surface area contributed by atoms with Crippen LogP contribution in [0, 0.1) is 17.3 Å². The van der Waals surface area contributed by atoms with Gasteiger partial charge in [-0.25, -0.2) is 0 Å². The third kappa shape index (κ3) is 5.15. The Kier molecular flexibility index (Phi) is 7.38. The summed E-state index contributed by atoms with van der Waals surface area (Å²) in [6.07, 6.45) is 15.8. The molecule has 0 heterocycles. The van der Waals surface area contributed by atoms with Crippen LogP contribution >= 0.6 is 0 Å². The van der Waals surface area contributed by atoms with Crippen LogP contribution in [0.1, 0.15) is 96.5 Å². The fourth-order valence-electron chi connectivity index (χ4n) is 5.53. The molecule has 2 heteroatoms. The van der Waals surface area contributed by atoms with Gasteiger partial charge in [0.05, 0.1) is 5.41 Å². The smallest absolute Gasteiger partial charge is 0.317 e. The van der Waals surface area contributed by atoms with Gasteiger partial charge in [0.1, 0.15) is 5.75 Å². The first-order chi connectivity index (χ1) is 13.2. The van der Waals surface area contributed by atoms with Gasteiger partial charge < -0.3 is 4.74 Å². The number of carbonyl (C=O) groups is 1. The van der Waals surface area contributed by atoms with E-state index in [0.29, 0.717) is 5.75 Å². The number of rotatable bonds is 7. The van der Waals surface area contributed by atoms with E-state index in [1.807, 2.05) is 12.1 Å². The largest absolute Gasteiger partial charge is 0.426 e. The van der Waals surface area contributed by atoms with E-state index >= 15 is 0 Å². The molecule has 0 unspecified atom stereocenters. The molecule has 0 spiro atoms. The van der Waals surface area contributed by atoms with Crippen LogP contribution in [0.2, 0.25) is 0 Å². The van der Waals surface area contributed by atoms with Gasteiger partial charge in [-0.15, -0.1) is 0 Å². The zero-order chi connectivity index (χ0) is 19.1. The summed E-state index contributed by atoms with van der Waals surface area (Å²) in [5.41, 5.74) is 1.07. The standard InChI is InChI=1S/C25H38O2/c1-3-8-20-11-13-23(14-12-20)27-24(26)25(17-4-2)18-15-22(16-19-25)21-9-6-5-7-10-21/h11-14,21-22H,3-10,15-19H2,1-2H3. The number of benzene rings is 1. The van der Waals surface area contributed by atoms with Crippen molar-refractivity contribution in [3.63, 3.8) is 0 Å². The number of hydrogen-bond acceptors (Lipinski definition) is 2. The molecule has 1 aromatic carbocycles. The zero-order valence-corrected chi connectivity index (χ0v) is 17.5. The van der Waals surface area contributed by atoms with Crippen LogP contribution in [0.25, 0.3) is 0 Å². The lowest BCUT2D eigenvalue weighted by molar-refractivity contribution is -0.149. The molecule has 0 aliphatic heterocycles. The molecule has 0 amide bonds. The Hall–Kier alpha value is -1.31. The van der Waals surface area contributed by atoms with Gasteiger partial charge >= 0.3 is 5.97 Å². The zero-order valence-electron chi connectivity index (χ0n) is 17.5. The second kappa shape index (κ2) is 9.75. The maximum atomic E-state index is 13.2. The fourth-order valence-corrected chi connectivity index (χ4v) is 5.53. The van der Waals surface area contributed by atoms with E-state index in [9.17, 15) is 4.79 Å². The quantitative estimate of drug-likeness (QED) is 0.378. The molecule has 2 aliphatic carbocycles. The van der Waals surface area contributed by atoms with E-state index < -0.39 is 0 Å². The highest BCUT2D eigenvalue weighted by molar-refractivity contribution is 5.79. The predicted octanol–water partition coefficient (Wildman–Crippen LogP) is 7.10. The molecule has 2 aliphatic rings. The molecule has 0 bridgehead atoms. The van der Waals surface area contributed by atoms with Crippen molar-refractivity contribution in [3.05, 3.63) is 29.8 Å². The normalized spacial score (nSPS) is 26.7. The first-order valence-electron chi connectivity index (χ1n) is 11.5. The summed E-state index contributed by atoms with van der Waals surface area (Å²) >= 11 is 0. The van der Waals surface area contributed by atoms with Crippen molar-refractivity contribution < 1.29 is 9.53 Å². The van der Waals surface area contributed by atoms with E-state index in [1.54, 1.807) is 0 Å². The van der Waals surface area contributed by atoms with Crippen LogP contribution in [0.3, 0.4) is 0 Å². The molecule has 2 nitrogen and oxygen atoms in total. The van der Waals surface area contributed by atoms with Crippen molar-refractivity contribution in [2.24, 2.45) is 17.3 Å². The Morgan fingerprint density at radius 1 is 0.926 bits per heavy atom. The average Bonchev–Trinajstić information content (AvgIpc) is 2.71. The fraction of sp³-hybridized carbons (Fsp3) is 0.720. The van der Waals surface area contributed by atoms with Crippen LogP contribution in [0.15, 0.2) is 24.3 Å². The van der Waals surface area contributed by atoms with Gasteiger partial charge in [0, 0.05) is 0 Å². The summed E-state index contributed by atoms with van der Waals surface area (Å²) in [6.45, 7) is 4.38. The summed E-state index contributed by atoms with van der Waals surface area (Å²) < 4.78 is 5.88. The molecule has 0 radical (unpaired) electrons. The first-order valence-corrected chi connectivity index (χ1v) is 11.5. The van der Waals surface area contributed by atoms with Crippen molar-refractivity contribution in [1.82, 2.24) is 0 Å². The highest BCUT2D eigenvalue weighted by atomic mass is 16.5. The van der Waals surface area contributed by atoms with E-state index in [1.165, 1.54) is 50.5 Å². The molecular weight excluding hydrogens is 332 g/mol. The third-order valence-corrected chi connectivity index (χ3v) is 7.14. The van der Waals surface area contributed by atoms with Gasteiger partial charge in [0.2, 0.25) is 0 Å². The van der Waals surface area contributed by atoms with Crippen LogP contribution in [-0.4, -0.2) is 5.97 Å². The van der Waals surface area contributed by atoms with E-state index in [-0.39, 0.29) is 11.4 Å². The summed E-state index contributed by atoms with van der Waals surface area (Å²) in [4.78, 5) is 13.2. The first kappa shape index (κ1) is 20.4. The lowest BCUT2D eigenvalue weighted by Gasteiger charge is -2.41. The van der Waals surface area contributed by atoms with Gasteiger partial charge in [-0.05, 0) is 68.1 Å². The summed E-state index contributed by atoms with van der Waals surface area (Å²) in [5.74, 6) is 2.50. The number of hydrogen-bond donors (Lipinski definition) is 0. The van der Waals surface area contributed by atoms with E-state index in [0.717, 1.165) is 50.4 Å². The molecule has 0 atom stereocenters. The van der Waals surface area contributed by atoms with Gasteiger partial charge in [-0.1, -0.05) is 70.9 Å². The number of carbonyl (C=O) groups excluding carboxylic acids is 1. The Bertz CT molecular complexity index is 575. The predicted molar refractivity (Wildman–Crippen MR) is 112 cm³/mol. The second-order valence-electron chi connectivity index (χ2n) is 9.05. The monoisotopic (exact) mass is 370 g/mol. The highest BCUT2D eigenvalue weighted by Gasteiger charge is 2.43. The molecule has 150 valence electrons. The second-order valence-corrected chi connectivity index (χ2v) is 9.05. The SMILES string of the molecule is CCCc1ccc(OC(=O)C2(CCC)CCC(C3CCCCC3)CC2)cc1. The van der Waals surface area contributed by atoms with Gasteiger partial charge in [0.15, 0.2) is 0 Å². The molecule has 0 aromatic heterocycles. The van der Waals surface area contributed by atoms with Crippen molar-refractivity contribution in [2.45, 2.75) is 97.3 Å². The Morgan fingerprint density at radius 3 is 2.15 bits per heavy atom. The third-order valence-electron chi connectivity index (χ3n) is 7.14. The summed E-state index contributed by atoms with van der Waals surface area (Å²) in [7, 11) is 0. The maximum absolute atomic E-state index is 13.2. The Morgan fingerprint density at radius 2 is 1.56 bits per heavy atom. The number of ether oxygens (including phenoxy) is 1. The van der Waals surface area contributed by atoms with Crippen molar-refractivity contribution in [1.29, 1.82) is 0 Å². The van der Waals surface area contributed by atoms with Crippen LogP contribution in [0.5, 0.6) is 5.75 Å². The minimum atomic E-state index is -0.248. The molecule has 0 N–H and O–H groups in total. The lowest BCUT2D eigenvalue weighted by atomic mass is 9.64. The number of esters is 1. The Balaban J connectivity index is 1.61. The molecule has 2 fully saturated rings. The Labute approximate surface area is 166 Å². The maximum Gasteiger partial charge on any atom is 0.317 e. The van der Waals surface area contributed by atoms with Crippen LogP contribution < -0.4 is 4.74 Å². The van der Waals surface area contributed by atoms with Crippen LogP contribution in [-0.2, 0) is 11.2 Å². The minimum absolute atomic E-state index is 0.0229. The van der Waals surface area contributed by atoms with E-state index in [2.05, 4.69) is 26.0 Å². The van der Waals surface area contributed by atoms with Crippen molar-refractivity contribution in [2.75, 3.05) is 0 Å². The molecule has 2 saturated carbocycles. The lowest BCUT2D eigenvalue weighted by Crippen LogP contribution is -2.39. The summed E-state index contributed by atoms with van der Waals surface area (Å²) in [5, 5.41) is 0. The molecule has 3 rings (SSSR count). The van der Waals surface area contributed by atoms with Crippen LogP contribution in [0.4, 0.5) is 0 Å². The van der Waals surface area contributed by atoms with Gasteiger partial charge in [-0.2, -0.15) is 0 Å². The van der Waals surface area contributed by atoms with E-state index in [4.69, 9.17) is 4.74 Å². The minimum Gasteiger partial charge on any atom is -0.426 e. The average molecular weight is 371 g/mol. The van der Waals surface area contributed by atoms with Gasteiger partial charge in [0.25, 0.3) is 0 Å². The molecular formula is C25H38O2. The molecule has 0 saturated heterocycles. The summed E-state index contributed by atoms with van der Waals surface area (Å²) in [6, 6.07) is 8.13. The van der Waals surface area contributed by atoms with Crippen molar-refractivity contribution in [3.8, 4) is 5.75 Å². The van der Waals surface area contributed by atoms with Gasteiger partial charge in [-0.3, -0.25) is 4.79 Å². The topological polar surface area (TPSA) is 26.3 Å². The molecule has 1 aromatic rings. The van der Waals surface area contributed by atoms with Crippen molar-refractivity contribution >= 4 is 5.97 Å². The number of aryl methyl sites for hydroxylation is 1.